The van der Waals surface area contributed by atoms with Gasteiger partial charge in [-0.25, -0.2) is 0 Å². The van der Waals surface area contributed by atoms with Gasteiger partial charge in [0.15, 0.2) is 0 Å². The Morgan fingerprint density at radius 1 is 1.56 bits per heavy atom. The molecular formula is C16H25N5O3S. The van der Waals surface area contributed by atoms with E-state index in [-0.39, 0.29) is 36.2 Å². The number of hydrogen-bond acceptors (Lipinski definition) is 6. The number of hydrogen-bond donors (Lipinski definition) is 4. The average molecular weight is 367 g/mol. The Morgan fingerprint density at radius 3 is 2.84 bits per heavy atom. The van der Waals surface area contributed by atoms with Crippen LogP contribution in [-0.4, -0.2) is 55.4 Å². The molecule has 1 aliphatic heterocycles. The molecule has 1 aromatic rings. The molecular weight excluding hydrogens is 342 g/mol. The summed E-state index contributed by atoms with van der Waals surface area (Å²) < 4.78 is 5.16. The van der Waals surface area contributed by atoms with Crippen molar-refractivity contribution in [2.75, 3.05) is 26.8 Å². The van der Waals surface area contributed by atoms with E-state index in [1.165, 1.54) is 11.3 Å². The van der Waals surface area contributed by atoms with Crippen LogP contribution < -0.4 is 16.8 Å². The first-order valence-corrected chi connectivity index (χ1v) is 8.97. The van der Waals surface area contributed by atoms with Crippen molar-refractivity contribution in [3.63, 3.8) is 0 Å². The van der Waals surface area contributed by atoms with E-state index in [1.807, 2.05) is 6.92 Å². The highest BCUT2D eigenvalue weighted by molar-refractivity contribution is 7.10. The van der Waals surface area contributed by atoms with Gasteiger partial charge in [0.05, 0.1) is 19.2 Å². The smallest absolute Gasteiger partial charge is 0.243 e. The zero-order chi connectivity index (χ0) is 18.6. The molecule has 6 N–H and O–H groups in total. The van der Waals surface area contributed by atoms with Gasteiger partial charge in [0, 0.05) is 35.4 Å². The van der Waals surface area contributed by atoms with Crippen molar-refractivity contribution in [2.45, 2.75) is 25.4 Å². The number of nitrogens with zero attached hydrogens (tertiary/aromatic N) is 1. The summed E-state index contributed by atoms with van der Waals surface area (Å²) >= 11 is 1.43. The number of carbonyl (C=O) groups is 2. The molecule has 1 aromatic heterocycles. The normalized spacial score (nSPS) is 21.2. The topological polar surface area (TPSA) is 135 Å². The van der Waals surface area contributed by atoms with Crippen LogP contribution in [0.25, 0.3) is 0 Å². The summed E-state index contributed by atoms with van der Waals surface area (Å²) in [6.07, 6.45) is 0.557. The van der Waals surface area contributed by atoms with Crippen LogP contribution in [0.2, 0.25) is 0 Å². The number of ether oxygens (including phenoxy) is 1. The SMILES string of the molecule is COCC1C[C@@H](C(=O)N[C@H](C)c2cc(C(=N)N)cs2)N(C(=O)CN)C1. The molecule has 8 nitrogen and oxygen atoms in total. The maximum atomic E-state index is 12.7. The molecule has 1 unspecified atom stereocenters. The third kappa shape index (κ3) is 4.56. The summed E-state index contributed by atoms with van der Waals surface area (Å²) in [6.45, 7) is 2.72. The molecule has 138 valence electrons. The van der Waals surface area contributed by atoms with Gasteiger partial charge in [0.1, 0.15) is 11.9 Å². The molecule has 0 bridgehead atoms. The van der Waals surface area contributed by atoms with Crippen molar-refractivity contribution >= 4 is 29.0 Å². The third-order valence-electron chi connectivity index (χ3n) is 4.30. The molecule has 0 aliphatic carbocycles. The summed E-state index contributed by atoms with van der Waals surface area (Å²) in [7, 11) is 1.61. The van der Waals surface area contributed by atoms with Crippen molar-refractivity contribution in [2.24, 2.45) is 17.4 Å². The maximum Gasteiger partial charge on any atom is 0.243 e. The van der Waals surface area contributed by atoms with Gasteiger partial charge in [-0.05, 0) is 19.4 Å². The second kappa shape index (κ2) is 8.41. The lowest BCUT2D eigenvalue weighted by atomic mass is 10.1. The minimum atomic E-state index is -0.536. The van der Waals surface area contributed by atoms with Crippen LogP contribution in [-0.2, 0) is 14.3 Å². The van der Waals surface area contributed by atoms with E-state index >= 15 is 0 Å². The quantitative estimate of drug-likeness (QED) is 0.398. The van der Waals surface area contributed by atoms with Crippen molar-refractivity contribution in [3.05, 3.63) is 21.9 Å². The predicted molar refractivity (Wildman–Crippen MR) is 96.4 cm³/mol. The zero-order valence-corrected chi connectivity index (χ0v) is 15.3. The summed E-state index contributed by atoms with van der Waals surface area (Å²) in [4.78, 5) is 27.2. The number of nitrogens with one attached hydrogen (secondary N) is 2. The van der Waals surface area contributed by atoms with Crippen molar-refractivity contribution in [1.29, 1.82) is 5.41 Å². The highest BCUT2D eigenvalue weighted by atomic mass is 32.1. The Labute approximate surface area is 151 Å². The number of methoxy groups -OCH3 is 1. The third-order valence-corrected chi connectivity index (χ3v) is 5.42. The average Bonchev–Trinajstić information content (AvgIpc) is 3.21. The molecule has 2 amide bonds. The highest BCUT2D eigenvalue weighted by Gasteiger charge is 2.39. The largest absolute Gasteiger partial charge is 0.384 e. The van der Waals surface area contributed by atoms with Gasteiger partial charge in [-0.15, -0.1) is 11.3 Å². The predicted octanol–water partition coefficient (Wildman–Crippen LogP) is 0.0316. The van der Waals surface area contributed by atoms with E-state index in [9.17, 15) is 9.59 Å². The van der Waals surface area contributed by atoms with Crippen LogP contribution in [0.3, 0.4) is 0 Å². The Hall–Kier alpha value is -1.97. The second-order valence-corrected chi connectivity index (χ2v) is 7.15. The fraction of sp³-hybridized carbons (Fsp3) is 0.562. The Kier molecular flexibility index (Phi) is 6.51. The molecule has 1 saturated heterocycles. The molecule has 0 saturated carbocycles. The van der Waals surface area contributed by atoms with Crippen LogP contribution in [0, 0.1) is 11.3 Å². The number of carbonyl (C=O) groups excluding carboxylic acids is 2. The van der Waals surface area contributed by atoms with E-state index in [4.69, 9.17) is 21.6 Å². The first-order chi connectivity index (χ1) is 11.9. The molecule has 25 heavy (non-hydrogen) atoms. The summed E-state index contributed by atoms with van der Waals surface area (Å²) in [5.74, 6) is -0.316. The van der Waals surface area contributed by atoms with Crippen molar-refractivity contribution in [1.82, 2.24) is 10.2 Å². The zero-order valence-electron chi connectivity index (χ0n) is 14.5. The summed E-state index contributed by atoms with van der Waals surface area (Å²) in [6, 6.07) is 1.02. The molecule has 1 aliphatic rings. The second-order valence-electron chi connectivity index (χ2n) is 6.20. The monoisotopic (exact) mass is 367 g/mol. The molecule has 2 heterocycles. The lowest BCUT2D eigenvalue weighted by Gasteiger charge is -2.24. The summed E-state index contributed by atoms with van der Waals surface area (Å²) in [5.41, 5.74) is 11.6. The van der Waals surface area contributed by atoms with Gasteiger partial charge in [0.2, 0.25) is 11.8 Å². The number of nitrogens with two attached hydrogens (primary N) is 2. The summed E-state index contributed by atoms with van der Waals surface area (Å²) in [5, 5.41) is 12.2. The van der Waals surface area contributed by atoms with Gasteiger partial charge in [-0.3, -0.25) is 15.0 Å². The van der Waals surface area contributed by atoms with E-state index in [2.05, 4.69) is 5.32 Å². The van der Waals surface area contributed by atoms with E-state index in [0.717, 1.165) is 4.88 Å². The van der Waals surface area contributed by atoms with Crippen molar-refractivity contribution in [3.8, 4) is 0 Å². The van der Waals surface area contributed by atoms with Crippen LogP contribution >= 0.6 is 11.3 Å². The van der Waals surface area contributed by atoms with Crippen LogP contribution in [0.15, 0.2) is 11.4 Å². The molecule has 3 atom stereocenters. The van der Waals surface area contributed by atoms with Gasteiger partial charge >= 0.3 is 0 Å². The van der Waals surface area contributed by atoms with Crippen LogP contribution in [0.4, 0.5) is 0 Å². The standard InChI is InChI=1S/C16H25N5O3S/c1-9(13-4-11(8-25-13)15(18)19)20-16(23)12-3-10(7-24-2)6-21(12)14(22)5-17/h4,8-10,12H,3,5-7,17H2,1-2H3,(H3,18,19)(H,20,23)/t9-,10?,12+/m1/s1. The Morgan fingerprint density at radius 2 is 2.28 bits per heavy atom. The van der Waals surface area contributed by atoms with Gasteiger partial charge in [-0.2, -0.15) is 0 Å². The molecule has 2 rings (SSSR count). The fourth-order valence-corrected chi connectivity index (χ4v) is 3.94. The first kappa shape index (κ1) is 19.4. The van der Waals surface area contributed by atoms with Crippen LogP contribution in [0.5, 0.6) is 0 Å². The number of likely N-dealkylation sites (tertiary alicyclic amines) is 1. The number of amidine groups is 1. The highest BCUT2D eigenvalue weighted by Crippen LogP contribution is 2.26. The van der Waals surface area contributed by atoms with Gasteiger partial charge in [-0.1, -0.05) is 0 Å². The molecule has 9 heteroatoms. The van der Waals surface area contributed by atoms with Crippen molar-refractivity contribution < 1.29 is 14.3 Å². The van der Waals surface area contributed by atoms with Gasteiger partial charge < -0.3 is 26.4 Å². The van der Waals surface area contributed by atoms with Gasteiger partial charge in [0.25, 0.3) is 0 Å². The molecule has 0 spiro atoms. The minimum Gasteiger partial charge on any atom is -0.384 e. The number of amides is 2. The van der Waals surface area contributed by atoms with E-state index in [1.54, 1.807) is 23.5 Å². The lowest BCUT2D eigenvalue weighted by Crippen LogP contribution is -2.48. The van der Waals surface area contributed by atoms with E-state index in [0.29, 0.717) is 25.1 Å². The fourth-order valence-electron chi connectivity index (χ4n) is 3.02. The lowest BCUT2D eigenvalue weighted by molar-refractivity contribution is -0.137. The number of thiophene rings is 1. The van der Waals surface area contributed by atoms with Crippen LogP contribution in [0.1, 0.15) is 29.8 Å². The maximum absolute atomic E-state index is 12.7. The Bertz CT molecular complexity index is 647. The minimum absolute atomic E-state index is 0.000977. The molecule has 0 aromatic carbocycles. The number of nitrogen functional groups attached to an aromatic ring is 1. The molecule has 1 fully saturated rings. The Balaban J connectivity index is 2.05. The molecule has 0 radical (unpaired) electrons. The number of rotatable bonds is 7. The first-order valence-electron chi connectivity index (χ1n) is 8.09. The van der Waals surface area contributed by atoms with E-state index < -0.39 is 6.04 Å².